The molecule has 1 saturated heterocycles. The monoisotopic (exact) mass is 280 g/mol. The lowest BCUT2D eigenvalue weighted by atomic mass is 9.88. The Bertz CT molecular complexity index is 328. The van der Waals surface area contributed by atoms with E-state index in [1.165, 1.54) is 24.2 Å². The molecule has 6 heteroatoms. The van der Waals surface area contributed by atoms with E-state index in [0.717, 1.165) is 13.0 Å². The lowest BCUT2D eigenvalue weighted by Gasteiger charge is -2.35. The minimum atomic E-state index is -3.03. The van der Waals surface area contributed by atoms with E-state index in [9.17, 15) is 8.42 Å². The van der Waals surface area contributed by atoms with Crippen LogP contribution in [0.3, 0.4) is 0 Å². The average molecular weight is 280 g/mol. The van der Waals surface area contributed by atoms with Gasteiger partial charge in [0.15, 0.2) is 0 Å². The molecular weight excluding hydrogens is 256 g/mol. The number of hydrogen-bond donors (Lipinski definition) is 2. The maximum absolute atomic E-state index is 10.8. The molecule has 0 spiro atoms. The predicted octanol–water partition coefficient (Wildman–Crippen LogP) is 1.05. The van der Waals surface area contributed by atoms with Crippen LogP contribution in [0.4, 0.5) is 0 Å². The number of nitrogens with one attached hydrogen (secondary N) is 2. The molecule has 0 aromatic heterocycles. The highest BCUT2D eigenvalue weighted by molar-refractivity contribution is 7.99. The van der Waals surface area contributed by atoms with Crippen molar-refractivity contribution < 1.29 is 8.42 Å². The van der Waals surface area contributed by atoms with E-state index < -0.39 is 10.0 Å². The Kier molecular flexibility index (Phi) is 5.76. The highest BCUT2D eigenvalue weighted by Gasteiger charge is 2.27. The summed E-state index contributed by atoms with van der Waals surface area (Å²) in [4.78, 5) is 0. The van der Waals surface area contributed by atoms with Gasteiger partial charge in [0.2, 0.25) is 10.0 Å². The molecule has 1 unspecified atom stereocenters. The minimum absolute atomic E-state index is 0.422. The van der Waals surface area contributed by atoms with Crippen molar-refractivity contribution in [1.82, 2.24) is 10.0 Å². The van der Waals surface area contributed by atoms with E-state index in [-0.39, 0.29) is 0 Å². The number of sulfonamides is 1. The Morgan fingerprint density at radius 2 is 2.06 bits per heavy atom. The molecule has 0 aromatic rings. The van der Waals surface area contributed by atoms with Crippen molar-refractivity contribution >= 4 is 21.8 Å². The zero-order valence-corrected chi connectivity index (χ0v) is 12.6. The summed E-state index contributed by atoms with van der Waals surface area (Å²) in [5.41, 5.74) is 0.422. The smallest absolute Gasteiger partial charge is 0.208 e. The largest absolute Gasteiger partial charge is 0.313 e. The Morgan fingerprint density at radius 1 is 1.35 bits per heavy atom. The summed E-state index contributed by atoms with van der Waals surface area (Å²) in [6, 6.07) is 0.571. The first-order valence-electron chi connectivity index (χ1n) is 6.04. The quantitative estimate of drug-likeness (QED) is 0.714. The fraction of sp³-hybridized carbons (Fsp3) is 1.00. The molecule has 4 nitrogen and oxygen atoms in total. The molecule has 0 aliphatic carbocycles. The van der Waals surface area contributed by atoms with Crippen LogP contribution in [0.15, 0.2) is 0 Å². The second-order valence-electron chi connectivity index (χ2n) is 5.55. The molecule has 0 aromatic carbocycles. The molecule has 17 heavy (non-hydrogen) atoms. The van der Waals surface area contributed by atoms with E-state index in [1.807, 2.05) is 11.8 Å². The molecule has 1 aliphatic heterocycles. The van der Waals surface area contributed by atoms with Crippen LogP contribution in [0, 0.1) is 5.41 Å². The van der Waals surface area contributed by atoms with Crippen molar-refractivity contribution in [3.8, 4) is 0 Å². The Balaban J connectivity index is 2.11. The Labute approximate surface area is 109 Å². The van der Waals surface area contributed by atoms with E-state index in [4.69, 9.17) is 0 Å². The van der Waals surface area contributed by atoms with E-state index in [2.05, 4.69) is 23.9 Å². The summed E-state index contributed by atoms with van der Waals surface area (Å²) >= 11 is 2.00. The number of hydrogen-bond acceptors (Lipinski definition) is 4. The molecule has 0 amide bonds. The normalized spacial score (nSPS) is 24.8. The molecule has 1 heterocycles. The first-order valence-corrected chi connectivity index (χ1v) is 9.09. The van der Waals surface area contributed by atoms with Gasteiger partial charge in [-0.05, 0) is 30.6 Å². The molecule has 0 saturated carbocycles. The molecule has 0 radical (unpaired) electrons. The van der Waals surface area contributed by atoms with Crippen molar-refractivity contribution in [3.63, 3.8) is 0 Å². The van der Waals surface area contributed by atoms with Gasteiger partial charge in [-0.3, -0.25) is 0 Å². The van der Waals surface area contributed by atoms with Crippen LogP contribution < -0.4 is 10.0 Å². The van der Waals surface area contributed by atoms with Gasteiger partial charge in [-0.2, -0.15) is 11.8 Å². The van der Waals surface area contributed by atoms with Crippen LogP contribution in [-0.4, -0.2) is 45.3 Å². The van der Waals surface area contributed by atoms with E-state index >= 15 is 0 Å². The van der Waals surface area contributed by atoms with Gasteiger partial charge in [-0.15, -0.1) is 0 Å². The van der Waals surface area contributed by atoms with Gasteiger partial charge in [0, 0.05) is 18.3 Å². The molecule has 1 atom stereocenters. The Morgan fingerprint density at radius 3 is 2.65 bits per heavy atom. The lowest BCUT2D eigenvalue weighted by molar-refractivity contribution is 0.318. The second kappa shape index (κ2) is 6.41. The van der Waals surface area contributed by atoms with Crippen LogP contribution in [0.2, 0.25) is 0 Å². The zero-order valence-electron chi connectivity index (χ0n) is 11.0. The number of rotatable bonds is 6. The standard InChI is InChI=1S/C11H24N2O2S2/c1-11(2)7-10(8-16-9-11)12-5-4-6-13-17(3,14)15/h10,12-13H,4-9H2,1-3H3. The molecule has 0 bridgehead atoms. The fourth-order valence-corrected chi connectivity index (χ4v) is 3.87. The Hall–Kier alpha value is 0.220. The summed E-state index contributed by atoms with van der Waals surface area (Å²) in [5, 5.41) is 3.51. The SMILES string of the molecule is CC1(C)CSCC(NCCCNS(C)(=O)=O)C1. The topological polar surface area (TPSA) is 58.2 Å². The van der Waals surface area contributed by atoms with Gasteiger partial charge in [0.05, 0.1) is 6.26 Å². The summed E-state index contributed by atoms with van der Waals surface area (Å²) in [7, 11) is -3.03. The van der Waals surface area contributed by atoms with Crippen molar-refractivity contribution in [2.24, 2.45) is 5.41 Å². The molecule has 1 rings (SSSR count). The van der Waals surface area contributed by atoms with Crippen molar-refractivity contribution in [2.75, 3.05) is 30.9 Å². The molecule has 2 N–H and O–H groups in total. The second-order valence-corrected chi connectivity index (χ2v) is 8.42. The van der Waals surface area contributed by atoms with Gasteiger partial charge >= 0.3 is 0 Å². The van der Waals surface area contributed by atoms with Crippen LogP contribution in [0.5, 0.6) is 0 Å². The third-order valence-electron chi connectivity index (χ3n) is 2.76. The predicted molar refractivity (Wildman–Crippen MR) is 75.0 cm³/mol. The summed E-state index contributed by atoms with van der Waals surface area (Å²) in [6.45, 7) is 6.01. The average Bonchev–Trinajstić information content (AvgIpc) is 2.13. The zero-order chi connectivity index (χ0) is 12.9. The lowest BCUT2D eigenvalue weighted by Crippen LogP contribution is -2.41. The van der Waals surface area contributed by atoms with Crippen LogP contribution in [0.25, 0.3) is 0 Å². The minimum Gasteiger partial charge on any atom is -0.313 e. The maximum Gasteiger partial charge on any atom is 0.208 e. The molecule has 1 fully saturated rings. The number of thioether (sulfide) groups is 1. The summed E-state index contributed by atoms with van der Waals surface area (Å²) in [6.07, 6.45) is 3.24. The first kappa shape index (κ1) is 15.3. The summed E-state index contributed by atoms with van der Waals surface area (Å²) in [5.74, 6) is 2.41. The van der Waals surface area contributed by atoms with Crippen molar-refractivity contribution in [1.29, 1.82) is 0 Å². The van der Waals surface area contributed by atoms with Gasteiger partial charge in [-0.1, -0.05) is 13.8 Å². The molecule has 102 valence electrons. The van der Waals surface area contributed by atoms with Gasteiger partial charge in [0.1, 0.15) is 0 Å². The third kappa shape index (κ3) is 7.28. The first-order chi connectivity index (χ1) is 7.79. The molecular formula is C11H24N2O2S2. The van der Waals surface area contributed by atoms with E-state index in [1.54, 1.807) is 0 Å². The van der Waals surface area contributed by atoms with Crippen molar-refractivity contribution in [3.05, 3.63) is 0 Å². The fourth-order valence-electron chi connectivity index (χ4n) is 2.05. The van der Waals surface area contributed by atoms with Gasteiger partial charge in [-0.25, -0.2) is 13.1 Å². The van der Waals surface area contributed by atoms with Crippen LogP contribution in [-0.2, 0) is 10.0 Å². The van der Waals surface area contributed by atoms with Crippen molar-refractivity contribution in [2.45, 2.75) is 32.7 Å². The highest BCUT2D eigenvalue weighted by Crippen LogP contribution is 2.33. The highest BCUT2D eigenvalue weighted by atomic mass is 32.2. The van der Waals surface area contributed by atoms with E-state index in [0.29, 0.717) is 18.0 Å². The maximum atomic E-state index is 10.8. The summed E-state index contributed by atoms with van der Waals surface area (Å²) < 4.78 is 24.2. The van der Waals surface area contributed by atoms with Gasteiger partial charge in [0.25, 0.3) is 0 Å². The molecule has 1 aliphatic rings. The van der Waals surface area contributed by atoms with Crippen LogP contribution >= 0.6 is 11.8 Å². The van der Waals surface area contributed by atoms with Gasteiger partial charge < -0.3 is 5.32 Å². The third-order valence-corrected chi connectivity index (χ3v) is 5.11. The van der Waals surface area contributed by atoms with Crippen LogP contribution in [0.1, 0.15) is 26.7 Å².